The van der Waals surface area contributed by atoms with E-state index in [9.17, 15) is 5.11 Å². The monoisotopic (exact) mass is 458 g/mol. The Morgan fingerprint density at radius 3 is 2.59 bits per heavy atom. The molecule has 1 fully saturated rings. The number of hydrogen-bond acceptors (Lipinski definition) is 1. The molecule has 4 atom stereocenters. The molecule has 1 saturated carbocycles. The molecule has 184 valence electrons. The zero-order valence-electron chi connectivity index (χ0n) is 21.9. The van der Waals surface area contributed by atoms with Gasteiger partial charge in [-0.15, -0.1) is 0 Å². The van der Waals surface area contributed by atoms with Gasteiger partial charge in [0.1, 0.15) is 5.75 Å². The van der Waals surface area contributed by atoms with Crippen molar-refractivity contribution in [1.29, 1.82) is 0 Å². The summed E-state index contributed by atoms with van der Waals surface area (Å²) in [5.41, 5.74) is 5.84. The van der Waals surface area contributed by atoms with Gasteiger partial charge in [0.15, 0.2) is 0 Å². The molecule has 34 heavy (non-hydrogen) atoms. The van der Waals surface area contributed by atoms with E-state index in [-0.39, 0.29) is 0 Å². The highest BCUT2D eigenvalue weighted by Gasteiger charge is 2.37. The zero-order chi connectivity index (χ0) is 24.0. The molecule has 0 aliphatic heterocycles. The average molecular weight is 459 g/mol. The second-order valence-corrected chi connectivity index (χ2v) is 11.8. The summed E-state index contributed by atoms with van der Waals surface area (Å²) < 4.78 is 0. The summed E-state index contributed by atoms with van der Waals surface area (Å²) in [6.45, 7) is 7.19. The normalized spacial score (nSPS) is 27.1. The van der Waals surface area contributed by atoms with Crippen LogP contribution in [0.5, 0.6) is 5.75 Å². The van der Waals surface area contributed by atoms with Crippen molar-refractivity contribution in [3.8, 4) is 5.75 Å². The smallest absolute Gasteiger partial charge is 0.116 e. The Balaban J connectivity index is 1.44. The Bertz CT molecular complexity index is 957. The van der Waals surface area contributed by atoms with Crippen LogP contribution in [-0.4, -0.2) is 5.11 Å². The third-order valence-electron chi connectivity index (χ3n) is 8.67. The Morgan fingerprint density at radius 2 is 1.79 bits per heavy atom. The maximum atomic E-state index is 10.6. The van der Waals surface area contributed by atoms with Gasteiger partial charge in [0.05, 0.1) is 0 Å². The molecule has 4 rings (SSSR count). The lowest BCUT2D eigenvalue weighted by Gasteiger charge is -2.43. The van der Waals surface area contributed by atoms with Gasteiger partial charge >= 0.3 is 0 Å². The van der Waals surface area contributed by atoms with E-state index in [1.807, 2.05) is 12.1 Å². The highest BCUT2D eigenvalue weighted by atomic mass is 16.3. The summed E-state index contributed by atoms with van der Waals surface area (Å²) in [6, 6.07) is 15.3. The molecular weight excluding hydrogens is 412 g/mol. The summed E-state index contributed by atoms with van der Waals surface area (Å²) in [5, 5.41) is 10.6. The lowest BCUT2D eigenvalue weighted by atomic mass is 9.61. The van der Waals surface area contributed by atoms with E-state index < -0.39 is 0 Å². The van der Waals surface area contributed by atoms with Crippen LogP contribution in [0.2, 0.25) is 0 Å². The highest BCUT2D eigenvalue weighted by molar-refractivity contribution is 5.39. The van der Waals surface area contributed by atoms with E-state index in [0.717, 1.165) is 37.0 Å². The number of aromatic hydroxyl groups is 1. The van der Waals surface area contributed by atoms with Crippen molar-refractivity contribution in [3.05, 3.63) is 76.9 Å². The SMILES string of the molecule is CCCCCc1ccccc1Cc1cc(O)cc(CC2CCCC(C3(C)C=CCC(C)C3)C2)c1. The minimum Gasteiger partial charge on any atom is -0.508 e. The van der Waals surface area contributed by atoms with E-state index in [4.69, 9.17) is 0 Å². The van der Waals surface area contributed by atoms with Crippen LogP contribution in [-0.2, 0) is 19.3 Å². The lowest BCUT2D eigenvalue weighted by Crippen LogP contribution is -2.33. The molecule has 0 bridgehead atoms. The zero-order valence-corrected chi connectivity index (χ0v) is 21.9. The van der Waals surface area contributed by atoms with Crippen LogP contribution < -0.4 is 0 Å². The predicted octanol–water partition coefficient (Wildman–Crippen LogP) is 9.06. The minimum atomic E-state index is 0.377. The van der Waals surface area contributed by atoms with Crippen LogP contribution >= 0.6 is 0 Å². The van der Waals surface area contributed by atoms with Crippen molar-refractivity contribution in [2.45, 2.75) is 97.8 Å². The summed E-state index contributed by atoms with van der Waals surface area (Å²) in [5.74, 6) is 2.78. The number of phenolic OH excluding ortho intramolecular Hbond substituents is 1. The van der Waals surface area contributed by atoms with Crippen molar-refractivity contribution >= 4 is 0 Å². The maximum Gasteiger partial charge on any atom is 0.116 e. The topological polar surface area (TPSA) is 20.2 Å². The van der Waals surface area contributed by atoms with Gasteiger partial charge in [-0.3, -0.25) is 0 Å². The van der Waals surface area contributed by atoms with Crippen molar-refractivity contribution in [1.82, 2.24) is 0 Å². The molecule has 4 unspecified atom stereocenters. The van der Waals surface area contributed by atoms with Crippen LogP contribution in [0.4, 0.5) is 0 Å². The molecule has 2 aliphatic rings. The number of hydrogen-bond donors (Lipinski definition) is 1. The molecule has 0 saturated heterocycles. The molecular formula is C33H46O. The quantitative estimate of drug-likeness (QED) is 0.293. The van der Waals surface area contributed by atoms with Crippen molar-refractivity contribution in [2.24, 2.45) is 23.2 Å². The Labute approximate surface area is 208 Å². The molecule has 1 heteroatoms. The van der Waals surface area contributed by atoms with Gasteiger partial charge in [0.2, 0.25) is 0 Å². The molecule has 1 nitrogen and oxygen atoms in total. The van der Waals surface area contributed by atoms with E-state index in [2.05, 4.69) is 63.3 Å². The number of aryl methyl sites for hydroxylation is 1. The largest absolute Gasteiger partial charge is 0.508 e. The van der Waals surface area contributed by atoms with Gasteiger partial charge in [0.25, 0.3) is 0 Å². The van der Waals surface area contributed by atoms with Gasteiger partial charge in [-0.2, -0.15) is 0 Å². The van der Waals surface area contributed by atoms with E-state index >= 15 is 0 Å². The van der Waals surface area contributed by atoms with Crippen LogP contribution in [0.25, 0.3) is 0 Å². The van der Waals surface area contributed by atoms with Gasteiger partial charge in [-0.25, -0.2) is 0 Å². The van der Waals surface area contributed by atoms with E-state index in [1.54, 1.807) is 0 Å². The number of allylic oxidation sites excluding steroid dienone is 2. The van der Waals surface area contributed by atoms with E-state index in [0.29, 0.717) is 11.2 Å². The van der Waals surface area contributed by atoms with Gasteiger partial charge in [0, 0.05) is 0 Å². The number of rotatable bonds is 9. The van der Waals surface area contributed by atoms with Gasteiger partial charge in [-0.05, 0) is 109 Å². The summed E-state index contributed by atoms with van der Waals surface area (Å²) in [7, 11) is 0. The molecule has 1 N–H and O–H groups in total. The first kappa shape index (κ1) is 25.1. The average Bonchev–Trinajstić information content (AvgIpc) is 2.80. The Morgan fingerprint density at radius 1 is 1.00 bits per heavy atom. The lowest BCUT2D eigenvalue weighted by molar-refractivity contribution is 0.119. The van der Waals surface area contributed by atoms with Crippen LogP contribution in [0.3, 0.4) is 0 Å². The van der Waals surface area contributed by atoms with Crippen LogP contribution in [0.15, 0.2) is 54.6 Å². The third-order valence-corrected chi connectivity index (χ3v) is 8.67. The van der Waals surface area contributed by atoms with Crippen LogP contribution in [0, 0.1) is 23.2 Å². The first-order valence-electron chi connectivity index (χ1n) is 14.0. The number of phenols is 1. The fourth-order valence-electron chi connectivity index (χ4n) is 6.91. The third kappa shape index (κ3) is 6.55. The second-order valence-electron chi connectivity index (χ2n) is 11.8. The Kier molecular flexibility index (Phi) is 8.56. The fraction of sp³-hybridized carbons (Fsp3) is 0.576. The highest BCUT2D eigenvalue weighted by Crippen LogP contribution is 2.48. The molecule has 2 aromatic rings. The molecule has 0 spiro atoms. The standard InChI is InChI=1S/C33H46O/c1-4-5-6-13-29-14-7-8-15-30(29)20-28-19-27(22-32(34)23-28)18-26-12-9-16-31(21-26)33(3)17-10-11-25(2)24-33/h7-8,10,14-15,17,19,22-23,25-26,31,34H,4-6,9,11-13,16,18,20-21,24H2,1-3H3. The summed E-state index contributed by atoms with van der Waals surface area (Å²) >= 11 is 0. The molecule has 0 radical (unpaired) electrons. The molecule has 0 heterocycles. The summed E-state index contributed by atoms with van der Waals surface area (Å²) in [4.78, 5) is 0. The van der Waals surface area contributed by atoms with Crippen molar-refractivity contribution in [3.63, 3.8) is 0 Å². The first-order valence-corrected chi connectivity index (χ1v) is 14.0. The fourth-order valence-corrected chi connectivity index (χ4v) is 6.91. The summed E-state index contributed by atoms with van der Waals surface area (Å²) in [6.07, 6.45) is 20.0. The predicted molar refractivity (Wildman–Crippen MR) is 145 cm³/mol. The molecule has 2 aliphatic carbocycles. The molecule has 0 amide bonds. The number of benzene rings is 2. The van der Waals surface area contributed by atoms with Crippen molar-refractivity contribution < 1.29 is 5.11 Å². The molecule has 0 aromatic heterocycles. The molecule has 2 aromatic carbocycles. The van der Waals surface area contributed by atoms with Crippen molar-refractivity contribution in [2.75, 3.05) is 0 Å². The first-order chi connectivity index (χ1) is 16.4. The van der Waals surface area contributed by atoms with Gasteiger partial charge < -0.3 is 5.11 Å². The van der Waals surface area contributed by atoms with Gasteiger partial charge in [-0.1, -0.05) is 88.9 Å². The second kappa shape index (κ2) is 11.6. The maximum absolute atomic E-state index is 10.6. The Hall–Kier alpha value is -2.02. The van der Waals surface area contributed by atoms with Crippen LogP contribution in [0.1, 0.15) is 101 Å². The minimum absolute atomic E-state index is 0.377. The van der Waals surface area contributed by atoms with E-state index in [1.165, 1.54) is 80.0 Å². The number of unbranched alkanes of at least 4 members (excludes halogenated alkanes) is 2.